The molecule has 4 atom stereocenters. The lowest BCUT2D eigenvalue weighted by molar-refractivity contribution is -0.0597. The van der Waals surface area contributed by atoms with E-state index in [-0.39, 0.29) is 17.5 Å². The lowest BCUT2D eigenvalue weighted by Crippen LogP contribution is -2.51. The molecule has 26 heavy (non-hydrogen) atoms. The van der Waals surface area contributed by atoms with Crippen LogP contribution in [0.3, 0.4) is 0 Å². The molecule has 0 aliphatic carbocycles. The van der Waals surface area contributed by atoms with Gasteiger partial charge >= 0.3 is 5.69 Å². The van der Waals surface area contributed by atoms with E-state index < -0.39 is 38.0 Å². The van der Waals surface area contributed by atoms with Crippen molar-refractivity contribution in [3.05, 3.63) is 22.7 Å². The molecule has 0 saturated carbocycles. The number of nitrogens with two attached hydrogens (primary N) is 1. The van der Waals surface area contributed by atoms with Gasteiger partial charge in [-0.05, 0) is 24.2 Å². The first-order valence-corrected chi connectivity index (χ1v) is 11.2. The fourth-order valence-electron chi connectivity index (χ4n) is 2.41. The zero-order valence-corrected chi connectivity index (χ0v) is 16.7. The number of ether oxygens (including phenoxy) is 1. The van der Waals surface area contributed by atoms with Crippen LogP contribution in [0.4, 0.5) is 5.82 Å². The molecule has 1 aromatic heterocycles. The van der Waals surface area contributed by atoms with Crippen molar-refractivity contribution < 1.29 is 20.7 Å². The third-order valence-electron chi connectivity index (χ3n) is 5.24. The van der Waals surface area contributed by atoms with E-state index in [4.69, 9.17) is 16.3 Å². The zero-order valence-electron chi connectivity index (χ0n) is 16.7. The highest BCUT2D eigenvalue weighted by atomic mass is 28.4. The molecular formula is C17H27N3O5Si. The maximum Gasteiger partial charge on any atom is 0.351 e. The summed E-state index contributed by atoms with van der Waals surface area (Å²) in [6.45, 7) is 10.3. The van der Waals surface area contributed by atoms with E-state index in [0.29, 0.717) is 0 Å². The molecule has 1 aliphatic rings. The van der Waals surface area contributed by atoms with Gasteiger partial charge in [-0.25, -0.2) is 4.79 Å². The predicted molar refractivity (Wildman–Crippen MR) is 99.8 cm³/mol. The molecule has 1 fully saturated rings. The minimum atomic E-state index is -2.16. The Morgan fingerprint density at radius 2 is 2.27 bits per heavy atom. The Morgan fingerprint density at radius 1 is 1.62 bits per heavy atom. The summed E-state index contributed by atoms with van der Waals surface area (Å²) in [5, 5.41) is 21.5. The Hall–Kier alpha value is -1.70. The third-order valence-corrected chi connectivity index (χ3v) is 9.74. The molecule has 0 bridgehead atoms. The Morgan fingerprint density at radius 3 is 2.81 bits per heavy atom. The van der Waals surface area contributed by atoms with Gasteiger partial charge in [-0.2, -0.15) is 4.98 Å². The van der Waals surface area contributed by atoms with Crippen LogP contribution in [0.15, 0.2) is 17.1 Å². The first kappa shape index (κ1) is 19.1. The van der Waals surface area contributed by atoms with Crippen LogP contribution in [0, 0.1) is 12.3 Å². The van der Waals surface area contributed by atoms with Gasteiger partial charge in [0.25, 0.3) is 0 Å². The van der Waals surface area contributed by atoms with E-state index in [1.165, 1.54) is 12.3 Å². The number of terminal acetylenes is 1. The molecule has 0 amide bonds. The van der Waals surface area contributed by atoms with Crippen molar-refractivity contribution in [1.82, 2.24) is 9.55 Å². The van der Waals surface area contributed by atoms with Crippen molar-refractivity contribution in [1.29, 1.82) is 0 Å². The Labute approximate surface area is 155 Å². The second kappa shape index (κ2) is 6.79. The van der Waals surface area contributed by atoms with E-state index in [1.807, 2.05) is 19.5 Å². The average Bonchev–Trinajstić information content (AvgIpc) is 2.77. The molecule has 4 N–H and O–H groups in total. The molecule has 8 nitrogen and oxygen atoms in total. The van der Waals surface area contributed by atoms with Gasteiger partial charge in [0.2, 0.25) is 0 Å². The fraction of sp³-hybridized carbons (Fsp3) is 0.647. The average molecular weight is 383 g/mol. The van der Waals surface area contributed by atoms with Gasteiger partial charge < -0.3 is 25.1 Å². The minimum Gasteiger partial charge on any atom is -0.414 e. The van der Waals surface area contributed by atoms with Crippen LogP contribution in [-0.4, -0.2) is 52.5 Å². The van der Waals surface area contributed by atoms with Crippen LogP contribution >= 0.6 is 0 Å². The van der Waals surface area contributed by atoms with Crippen LogP contribution in [0.2, 0.25) is 18.1 Å². The van der Waals surface area contributed by atoms with Crippen molar-refractivity contribution in [2.45, 2.75) is 62.9 Å². The molecule has 2 heterocycles. The standard InChI is InChI=1S/C17H27N3O5Si/c1-7-17(23)11(10-24-26(5,6)16(2,3)4)25-14(13(17)21)20-9-8-12(18)19-15(20)22/h1,8-9,11,13-14,21,23H,10H2,2-6H3,(H2,18,19,22)/t11-,13+,14?,17-/m1/s1/i1D. The summed E-state index contributed by atoms with van der Waals surface area (Å²) in [7, 11) is -2.16. The summed E-state index contributed by atoms with van der Waals surface area (Å²) >= 11 is 0. The summed E-state index contributed by atoms with van der Waals surface area (Å²) in [6.07, 6.45) is -0.657. The molecular weight excluding hydrogens is 354 g/mol. The maximum atomic E-state index is 12.1. The molecule has 1 unspecified atom stereocenters. The number of rotatable bonds is 4. The van der Waals surface area contributed by atoms with Crippen LogP contribution in [-0.2, 0) is 9.16 Å². The molecule has 2 rings (SSSR count). The number of hydrogen-bond acceptors (Lipinski definition) is 7. The summed E-state index contributed by atoms with van der Waals surface area (Å²) in [6, 6.07) is 1.38. The van der Waals surface area contributed by atoms with E-state index in [1.54, 1.807) is 0 Å². The highest BCUT2D eigenvalue weighted by molar-refractivity contribution is 6.74. The Kier molecular flexibility index (Phi) is 4.98. The number of nitrogen functional groups attached to an aromatic ring is 1. The largest absolute Gasteiger partial charge is 0.414 e. The molecule has 9 heteroatoms. The quantitative estimate of drug-likeness (QED) is 0.511. The van der Waals surface area contributed by atoms with Crippen LogP contribution in [0.1, 0.15) is 28.4 Å². The lowest BCUT2D eigenvalue weighted by Gasteiger charge is -2.37. The second-order valence-corrected chi connectivity index (χ2v) is 12.8. The van der Waals surface area contributed by atoms with Gasteiger partial charge in [-0.15, -0.1) is 6.40 Å². The Bertz CT molecular complexity index is 813. The number of anilines is 1. The highest BCUT2D eigenvalue weighted by Gasteiger charge is 2.56. The third kappa shape index (κ3) is 3.56. The maximum absolute atomic E-state index is 12.1. The zero-order chi connectivity index (χ0) is 20.6. The van der Waals surface area contributed by atoms with Gasteiger partial charge in [0, 0.05) is 6.20 Å². The summed E-state index contributed by atoms with van der Waals surface area (Å²) in [5.74, 6) is 2.33. The minimum absolute atomic E-state index is 0.0303. The second-order valence-electron chi connectivity index (χ2n) is 8.02. The number of aliphatic hydroxyl groups is 2. The van der Waals surface area contributed by atoms with Crippen LogP contribution < -0.4 is 11.4 Å². The number of aliphatic hydroxyl groups excluding tert-OH is 1. The van der Waals surface area contributed by atoms with E-state index >= 15 is 0 Å². The van der Waals surface area contributed by atoms with Gasteiger partial charge in [-0.3, -0.25) is 4.57 Å². The van der Waals surface area contributed by atoms with Crippen molar-refractivity contribution in [3.8, 4) is 12.3 Å². The normalized spacial score (nSPS) is 29.8. The monoisotopic (exact) mass is 382 g/mol. The highest BCUT2D eigenvalue weighted by Crippen LogP contribution is 2.40. The van der Waals surface area contributed by atoms with E-state index in [2.05, 4.69) is 31.7 Å². The van der Waals surface area contributed by atoms with Gasteiger partial charge in [0.1, 0.15) is 19.4 Å². The van der Waals surface area contributed by atoms with Gasteiger partial charge in [0.15, 0.2) is 20.1 Å². The van der Waals surface area contributed by atoms with Crippen LogP contribution in [0.25, 0.3) is 0 Å². The van der Waals surface area contributed by atoms with Crippen molar-refractivity contribution in [2.24, 2.45) is 0 Å². The molecule has 144 valence electrons. The van der Waals surface area contributed by atoms with Gasteiger partial charge in [-0.1, -0.05) is 26.7 Å². The summed E-state index contributed by atoms with van der Waals surface area (Å²) < 4.78 is 20.0. The van der Waals surface area contributed by atoms with E-state index in [0.717, 1.165) is 4.57 Å². The van der Waals surface area contributed by atoms with Gasteiger partial charge in [0.05, 0.1) is 6.61 Å². The SMILES string of the molecule is [2H]C#C[C@@]1(O)[C@@H](CO[Si](C)(C)C(C)(C)C)OC(n2ccc(N)nc2=O)[C@@H]1O. The topological polar surface area (TPSA) is 120 Å². The lowest BCUT2D eigenvalue weighted by atomic mass is 9.93. The predicted octanol–water partition coefficient (Wildman–Crippen LogP) is 0.470. The summed E-state index contributed by atoms with van der Waals surface area (Å²) in [4.78, 5) is 15.7. The smallest absolute Gasteiger partial charge is 0.351 e. The first-order valence-electron chi connectivity index (χ1n) is 8.82. The van der Waals surface area contributed by atoms with Crippen molar-refractivity contribution >= 4 is 14.1 Å². The van der Waals surface area contributed by atoms with E-state index in [9.17, 15) is 15.0 Å². The van der Waals surface area contributed by atoms with Crippen LogP contribution in [0.5, 0.6) is 0 Å². The molecule has 1 aromatic rings. The fourth-order valence-corrected chi connectivity index (χ4v) is 3.41. The molecule has 0 radical (unpaired) electrons. The first-order chi connectivity index (χ1) is 12.3. The molecule has 0 aromatic carbocycles. The van der Waals surface area contributed by atoms with Crippen molar-refractivity contribution in [3.63, 3.8) is 0 Å². The van der Waals surface area contributed by atoms with Crippen molar-refractivity contribution in [2.75, 3.05) is 12.3 Å². The number of nitrogens with zero attached hydrogens (tertiary/aromatic N) is 2. The summed E-state index contributed by atoms with van der Waals surface area (Å²) in [5.41, 5.74) is 2.70. The molecule has 1 aliphatic heterocycles. The number of aromatic nitrogens is 2. The number of hydrogen-bond donors (Lipinski definition) is 3. The molecule has 0 spiro atoms. The Balaban J connectivity index is 2.33. The molecule has 1 saturated heterocycles.